The minimum atomic E-state index is 0.800. The molecule has 0 atom stereocenters. The maximum Gasteiger partial charge on any atom is 0.142 e. The van der Waals surface area contributed by atoms with E-state index in [1.165, 1.54) is 10.4 Å². The van der Waals surface area contributed by atoms with Crippen LogP contribution in [-0.4, -0.2) is 17.1 Å². The zero-order valence-electron chi connectivity index (χ0n) is 11.6. The number of anilines is 2. The van der Waals surface area contributed by atoms with Gasteiger partial charge in [-0.05, 0) is 37.6 Å². The predicted molar refractivity (Wildman–Crippen MR) is 83.2 cm³/mol. The Morgan fingerprint density at radius 3 is 2.80 bits per heavy atom. The average Bonchev–Trinajstić information content (AvgIpc) is 2.80. The number of rotatable bonds is 3. The summed E-state index contributed by atoms with van der Waals surface area (Å²) >= 11 is 1.67. The number of aryl methyl sites for hydroxylation is 2. The fraction of sp³-hybridized carbons (Fsp3) is 0.200. The van der Waals surface area contributed by atoms with Gasteiger partial charge in [-0.3, -0.25) is 0 Å². The van der Waals surface area contributed by atoms with Gasteiger partial charge in [0.25, 0.3) is 0 Å². The number of fused-ring (bicyclic) bond motifs is 1. The molecule has 3 aromatic rings. The Kier molecular flexibility index (Phi) is 3.28. The van der Waals surface area contributed by atoms with Crippen molar-refractivity contribution >= 4 is 33.1 Å². The first-order chi connectivity index (χ1) is 9.67. The quantitative estimate of drug-likeness (QED) is 0.788. The molecular formula is C15H15N3OS. The third-order valence-corrected chi connectivity index (χ3v) is 4.02. The summed E-state index contributed by atoms with van der Waals surface area (Å²) in [6, 6.07) is 8.12. The van der Waals surface area contributed by atoms with Crippen molar-refractivity contribution < 1.29 is 4.74 Å². The normalized spacial score (nSPS) is 10.8. The second kappa shape index (κ2) is 5.09. The summed E-state index contributed by atoms with van der Waals surface area (Å²) in [6.45, 7) is 4.12. The molecular weight excluding hydrogens is 270 g/mol. The lowest BCUT2D eigenvalue weighted by atomic mass is 10.2. The van der Waals surface area contributed by atoms with Crippen molar-refractivity contribution in [3.8, 4) is 5.75 Å². The number of hydrogen-bond donors (Lipinski definition) is 1. The molecule has 5 heteroatoms. The van der Waals surface area contributed by atoms with E-state index >= 15 is 0 Å². The van der Waals surface area contributed by atoms with Crippen LogP contribution in [0, 0.1) is 13.8 Å². The Morgan fingerprint density at radius 1 is 1.15 bits per heavy atom. The molecule has 0 saturated heterocycles. The second-order valence-corrected chi connectivity index (χ2v) is 5.86. The predicted octanol–water partition coefficient (Wildman–Crippen LogP) is 4.06. The van der Waals surface area contributed by atoms with Crippen LogP contribution >= 0.6 is 11.3 Å². The molecule has 0 aliphatic rings. The minimum absolute atomic E-state index is 0.800. The van der Waals surface area contributed by atoms with Gasteiger partial charge in [0, 0.05) is 4.88 Å². The lowest BCUT2D eigenvalue weighted by molar-refractivity contribution is 0.416. The summed E-state index contributed by atoms with van der Waals surface area (Å²) in [7, 11) is 1.67. The Labute approximate surface area is 121 Å². The van der Waals surface area contributed by atoms with Crippen LogP contribution in [0.1, 0.15) is 10.4 Å². The van der Waals surface area contributed by atoms with Crippen LogP contribution in [0.5, 0.6) is 5.75 Å². The summed E-state index contributed by atoms with van der Waals surface area (Å²) in [4.78, 5) is 10.9. The van der Waals surface area contributed by atoms with Crippen molar-refractivity contribution in [3.05, 3.63) is 41.0 Å². The van der Waals surface area contributed by atoms with E-state index < -0.39 is 0 Å². The third-order valence-electron chi connectivity index (χ3n) is 3.06. The van der Waals surface area contributed by atoms with Gasteiger partial charge in [-0.15, -0.1) is 11.3 Å². The third kappa shape index (κ3) is 2.32. The fourth-order valence-corrected chi connectivity index (χ4v) is 2.97. The van der Waals surface area contributed by atoms with E-state index in [0.717, 1.165) is 27.5 Å². The zero-order valence-corrected chi connectivity index (χ0v) is 12.4. The molecule has 0 radical (unpaired) electrons. The number of ether oxygens (including phenoxy) is 1. The van der Waals surface area contributed by atoms with Crippen molar-refractivity contribution in [1.82, 2.24) is 9.97 Å². The highest BCUT2D eigenvalue weighted by molar-refractivity contribution is 7.18. The van der Waals surface area contributed by atoms with Crippen LogP contribution in [0.25, 0.3) is 10.2 Å². The maximum absolute atomic E-state index is 5.39. The minimum Gasteiger partial charge on any atom is -0.495 e. The van der Waals surface area contributed by atoms with Crippen molar-refractivity contribution in [2.45, 2.75) is 13.8 Å². The number of aromatic nitrogens is 2. The van der Waals surface area contributed by atoms with Crippen LogP contribution in [0.15, 0.2) is 30.6 Å². The molecule has 3 rings (SSSR count). The molecule has 0 aliphatic heterocycles. The number of benzene rings is 1. The van der Waals surface area contributed by atoms with Gasteiger partial charge < -0.3 is 10.1 Å². The van der Waals surface area contributed by atoms with Gasteiger partial charge in [-0.1, -0.05) is 6.07 Å². The molecule has 0 saturated carbocycles. The molecule has 4 nitrogen and oxygen atoms in total. The Bertz CT molecular complexity index is 767. The molecule has 0 unspecified atom stereocenters. The first-order valence-electron chi connectivity index (χ1n) is 6.30. The molecule has 2 aromatic heterocycles. The molecule has 0 spiro atoms. The highest BCUT2D eigenvalue weighted by Gasteiger charge is 2.09. The Hall–Kier alpha value is -2.14. The highest BCUT2D eigenvalue weighted by Crippen LogP contribution is 2.32. The van der Waals surface area contributed by atoms with Crippen molar-refractivity contribution in [2.24, 2.45) is 0 Å². The summed E-state index contributed by atoms with van der Waals surface area (Å²) < 4.78 is 5.39. The SMILES string of the molecule is COc1ccc(C)cc1Nc1ncnc2sc(C)cc12. The summed E-state index contributed by atoms with van der Waals surface area (Å²) in [5.41, 5.74) is 2.08. The van der Waals surface area contributed by atoms with E-state index in [4.69, 9.17) is 4.74 Å². The molecule has 1 aromatic carbocycles. The molecule has 0 amide bonds. The van der Waals surface area contributed by atoms with Crippen LogP contribution in [0.2, 0.25) is 0 Å². The van der Waals surface area contributed by atoms with E-state index in [1.54, 1.807) is 24.8 Å². The van der Waals surface area contributed by atoms with Gasteiger partial charge in [0.15, 0.2) is 0 Å². The van der Waals surface area contributed by atoms with Crippen molar-refractivity contribution in [1.29, 1.82) is 0 Å². The van der Waals surface area contributed by atoms with E-state index in [0.29, 0.717) is 0 Å². The Balaban J connectivity index is 2.07. The second-order valence-electron chi connectivity index (χ2n) is 4.63. The topological polar surface area (TPSA) is 47.0 Å². The number of nitrogens with one attached hydrogen (secondary N) is 1. The molecule has 2 heterocycles. The molecule has 0 bridgehead atoms. The van der Waals surface area contributed by atoms with Crippen molar-refractivity contribution in [2.75, 3.05) is 12.4 Å². The molecule has 1 N–H and O–H groups in total. The van der Waals surface area contributed by atoms with Crippen LogP contribution in [-0.2, 0) is 0 Å². The number of methoxy groups -OCH3 is 1. The zero-order chi connectivity index (χ0) is 14.1. The fourth-order valence-electron chi connectivity index (χ4n) is 2.12. The van der Waals surface area contributed by atoms with Gasteiger partial charge in [0.05, 0.1) is 18.2 Å². The van der Waals surface area contributed by atoms with E-state index in [1.807, 2.05) is 18.2 Å². The van der Waals surface area contributed by atoms with E-state index in [9.17, 15) is 0 Å². The van der Waals surface area contributed by atoms with Gasteiger partial charge >= 0.3 is 0 Å². The highest BCUT2D eigenvalue weighted by atomic mass is 32.1. The standard InChI is InChI=1S/C15H15N3OS/c1-9-4-5-13(19-3)12(6-9)18-14-11-7-10(2)20-15(11)17-8-16-14/h4-8H,1-3H3,(H,16,17,18). The summed E-state index contributed by atoms with van der Waals surface area (Å²) in [5, 5.41) is 4.39. The molecule has 20 heavy (non-hydrogen) atoms. The molecule has 102 valence electrons. The first-order valence-corrected chi connectivity index (χ1v) is 7.12. The van der Waals surface area contributed by atoms with Gasteiger partial charge in [0.2, 0.25) is 0 Å². The first kappa shape index (κ1) is 12.9. The smallest absolute Gasteiger partial charge is 0.142 e. The number of nitrogens with zero attached hydrogens (tertiary/aromatic N) is 2. The van der Waals surface area contributed by atoms with Gasteiger partial charge in [-0.2, -0.15) is 0 Å². The van der Waals surface area contributed by atoms with Crippen LogP contribution < -0.4 is 10.1 Å². The lowest BCUT2D eigenvalue weighted by Crippen LogP contribution is -1.98. The van der Waals surface area contributed by atoms with E-state index in [-0.39, 0.29) is 0 Å². The maximum atomic E-state index is 5.39. The Morgan fingerprint density at radius 2 is 2.00 bits per heavy atom. The van der Waals surface area contributed by atoms with Crippen LogP contribution in [0.4, 0.5) is 11.5 Å². The van der Waals surface area contributed by atoms with Crippen LogP contribution in [0.3, 0.4) is 0 Å². The largest absolute Gasteiger partial charge is 0.495 e. The van der Waals surface area contributed by atoms with Gasteiger partial charge in [0.1, 0.15) is 22.7 Å². The average molecular weight is 285 g/mol. The number of hydrogen-bond acceptors (Lipinski definition) is 5. The van der Waals surface area contributed by atoms with Gasteiger partial charge in [-0.25, -0.2) is 9.97 Å². The number of thiophene rings is 1. The van der Waals surface area contributed by atoms with E-state index in [2.05, 4.69) is 35.2 Å². The monoisotopic (exact) mass is 285 g/mol. The molecule has 0 fully saturated rings. The van der Waals surface area contributed by atoms with Crippen molar-refractivity contribution in [3.63, 3.8) is 0 Å². The lowest BCUT2D eigenvalue weighted by Gasteiger charge is -2.11. The summed E-state index contributed by atoms with van der Waals surface area (Å²) in [5.74, 6) is 1.61. The summed E-state index contributed by atoms with van der Waals surface area (Å²) in [6.07, 6.45) is 1.59. The molecule has 0 aliphatic carbocycles.